The smallest absolute Gasteiger partial charge is 0.110 e. The summed E-state index contributed by atoms with van der Waals surface area (Å²) in [5.41, 5.74) is 2.24. The van der Waals surface area contributed by atoms with Crippen molar-refractivity contribution in [2.75, 3.05) is 0 Å². The number of imidazole rings is 1. The van der Waals surface area contributed by atoms with Crippen LogP contribution in [0.1, 0.15) is 12.2 Å². The first-order chi connectivity index (χ1) is 7.86. The molecule has 2 aromatic rings. The predicted molar refractivity (Wildman–Crippen MR) is 68.4 cm³/mol. The van der Waals surface area contributed by atoms with E-state index in [2.05, 4.69) is 28.8 Å². The number of aryl methyl sites for hydroxylation is 1. The van der Waals surface area contributed by atoms with Gasteiger partial charge in [0.05, 0.1) is 11.0 Å². The number of nitrogens with zero attached hydrogens (tertiary/aromatic N) is 2. The number of hydrogen-bond donors (Lipinski definition) is 0. The molecule has 0 atom stereocenters. The zero-order valence-electron chi connectivity index (χ0n) is 9.39. The summed E-state index contributed by atoms with van der Waals surface area (Å²) >= 11 is 0. The highest BCUT2D eigenvalue weighted by Gasteiger charge is 2.07. The summed E-state index contributed by atoms with van der Waals surface area (Å²) in [6, 6.07) is 8.21. The number of aromatic nitrogens is 2. The van der Waals surface area contributed by atoms with Crippen molar-refractivity contribution in [3.05, 3.63) is 55.4 Å². The van der Waals surface area contributed by atoms with Crippen LogP contribution >= 0.6 is 0 Å². The monoisotopic (exact) mass is 212 g/mol. The Hall–Kier alpha value is -1.83. The molecule has 0 spiro atoms. The second-order valence-electron chi connectivity index (χ2n) is 3.74. The van der Waals surface area contributed by atoms with Gasteiger partial charge in [0.2, 0.25) is 0 Å². The molecule has 0 amide bonds. The molecular weight excluding hydrogens is 196 g/mol. The van der Waals surface area contributed by atoms with Gasteiger partial charge in [-0.3, -0.25) is 0 Å². The molecule has 0 saturated heterocycles. The van der Waals surface area contributed by atoms with Gasteiger partial charge in [0, 0.05) is 13.0 Å². The third-order valence-electron chi connectivity index (χ3n) is 2.62. The Balaban J connectivity index is 2.48. The summed E-state index contributed by atoms with van der Waals surface area (Å²) in [7, 11) is 0. The Kier molecular flexibility index (Phi) is 3.20. The van der Waals surface area contributed by atoms with Gasteiger partial charge in [-0.2, -0.15) is 0 Å². The predicted octanol–water partition coefficient (Wildman–Crippen LogP) is 3.34. The van der Waals surface area contributed by atoms with E-state index in [0.717, 1.165) is 30.7 Å². The molecule has 1 heterocycles. The van der Waals surface area contributed by atoms with E-state index in [4.69, 9.17) is 0 Å². The van der Waals surface area contributed by atoms with Crippen molar-refractivity contribution in [3.63, 3.8) is 0 Å². The third kappa shape index (κ3) is 1.91. The van der Waals surface area contributed by atoms with Gasteiger partial charge in [-0.05, 0) is 18.6 Å². The lowest BCUT2D eigenvalue weighted by Crippen LogP contribution is -2.01. The van der Waals surface area contributed by atoms with Crippen LogP contribution in [-0.2, 0) is 13.0 Å². The largest absolute Gasteiger partial charge is 0.324 e. The molecule has 2 nitrogen and oxygen atoms in total. The quantitative estimate of drug-likeness (QED) is 0.695. The number of fused-ring (bicyclic) bond motifs is 1. The van der Waals surface area contributed by atoms with Gasteiger partial charge in [0.15, 0.2) is 0 Å². The van der Waals surface area contributed by atoms with E-state index < -0.39 is 0 Å². The van der Waals surface area contributed by atoms with Crippen molar-refractivity contribution in [1.29, 1.82) is 0 Å². The van der Waals surface area contributed by atoms with E-state index in [9.17, 15) is 0 Å². The van der Waals surface area contributed by atoms with Crippen molar-refractivity contribution in [3.8, 4) is 0 Å². The first-order valence-corrected chi connectivity index (χ1v) is 5.52. The molecular formula is C14H16N2. The van der Waals surface area contributed by atoms with Gasteiger partial charge in [-0.25, -0.2) is 4.98 Å². The summed E-state index contributed by atoms with van der Waals surface area (Å²) in [6.45, 7) is 8.36. The Morgan fingerprint density at radius 3 is 2.75 bits per heavy atom. The maximum Gasteiger partial charge on any atom is 0.110 e. The molecule has 0 fully saturated rings. The Morgan fingerprint density at radius 2 is 2.00 bits per heavy atom. The number of rotatable bonds is 5. The molecule has 1 aromatic heterocycles. The fourth-order valence-electron chi connectivity index (χ4n) is 1.88. The minimum atomic E-state index is 0.812. The SMILES string of the molecule is C=CCCc1nc2ccccc2n1CC=C. The second-order valence-corrected chi connectivity index (χ2v) is 3.74. The summed E-state index contributed by atoms with van der Waals surface area (Å²) in [5, 5.41) is 0. The van der Waals surface area contributed by atoms with Crippen LogP contribution in [0.5, 0.6) is 0 Å². The topological polar surface area (TPSA) is 17.8 Å². The van der Waals surface area contributed by atoms with Crippen LogP contribution < -0.4 is 0 Å². The molecule has 0 saturated carbocycles. The summed E-state index contributed by atoms with van der Waals surface area (Å²) in [6.07, 6.45) is 5.73. The highest BCUT2D eigenvalue weighted by atomic mass is 15.1. The van der Waals surface area contributed by atoms with Crippen molar-refractivity contribution in [1.82, 2.24) is 9.55 Å². The molecule has 82 valence electrons. The van der Waals surface area contributed by atoms with Gasteiger partial charge in [-0.1, -0.05) is 24.3 Å². The zero-order chi connectivity index (χ0) is 11.4. The molecule has 0 aliphatic heterocycles. The van der Waals surface area contributed by atoms with E-state index in [-0.39, 0.29) is 0 Å². The first-order valence-electron chi connectivity index (χ1n) is 5.52. The molecule has 0 bridgehead atoms. The van der Waals surface area contributed by atoms with Crippen molar-refractivity contribution >= 4 is 11.0 Å². The fraction of sp³-hybridized carbons (Fsp3) is 0.214. The van der Waals surface area contributed by atoms with E-state index in [0.29, 0.717) is 0 Å². The van der Waals surface area contributed by atoms with Crippen LogP contribution in [0, 0.1) is 0 Å². The van der Waals surface area contributed by atoms with Gasteiger partial charge < -0.3 is 4.57 Å². The second kappa shape index (κ2) is 4.79. The number of para-hydroxylation sites is 2. The van der Waals surface area contributed by atoms with Crippen LogP contribution in [-0.4, -0.2) is 9.55 Å². The average Bonchev–Trinajstić information content (AvgIpc) is 2.66. The number of benzene rings is 1. The molecule has 16 heavy (non-hydrogen) atoms. The molecule has 0 unspecified atom stereocenters. The van der Waals surface area contributed by atoms with Crippen molar-refractivity contribution in [2.45, 2.75) is 19.4 Å². The number of allylic oxidation sites excluding steroid dienone is 2. The molecule has 0 N–H and O–H groups in total. The first kappa shape index (κ1) is 10.7. The Morgan fingerprint density at radius 1 is 1.19 bits per heavy atom. The lowest BCUT2D eigenvalue weighted by molar-refractivity contribution is 0.750. The van der Waals surface area contributed by atoms with Gasteiger partial charge in [0.25, 0.3) is 0 Å². The normalized spacial score (nSPS) is 10.5. The number of hydrogen-bond acceptors (Lipinski definition) is 1. The molecule has 0 aliphatic rings. The van der Waals surface area contributed by atoms with Crippen LogP contribution in [0.15, 0.2) is 49.6 Å². The maximum absolute atomic E-state index is 4.64. The third-order valence-corrected chi connectivity index (χ3v) is 2.62. The lowest BCUT2D eigenvalue weighted by atomic mass is 10.3. The Labute approximate surface area is 95.9 Å². The van der Waals surface area contributed by atoms with Crippen LogP contribution in [0.3, 0.4) is 0 Å². The molecule has 0 radical (unpaired) electrons. The van der Waals surface area contributed by atoms with E-state index in [1.54, 1.807) is 0 Å². The van der Waals surface area contributed by atoms with Crippen molar-refractivity contribution in [2.24, 2.45) is 0 Å². The molecule has 2 heteroatoms. The van der Waals surface area contributed by atoms with Gasteiger partial charge >= 0.3 is 0 Å². The lowest BCUT2D eigenvalue weighted by Gasteiger charge is -2.04. The standard InChI is InChI=1S/C14H16N2/c1-3-5-10-14-15-12-8-6-7-9-13(12)16(14)11-4-2/h3-4,6-9H,1-2,5,10-11H2. The van der Waals surface area contributed by atoms with E-state index in [1.165, 1.54) is 5.52 Å². The van der Waals surface area contributed by atoms with E-state index in [1.807, 2.05) is 30.4 Å². The highest BCUT2D eigenvalue weighted by molar-refractivity contribution is 5.75. The molecule has 0 aliphatic carbocycles. The Bertz CT molecular complexity index is 508. The van der Waals surface area contributed by atoms with Gasteiger partial charge in [0.1, 0.15) is 5.82 Å². The minimum Gasteiger partial charge on any atom is -0.324 e. The maximum atomic E-state index is 4.64. The highest BCUT2D eigenvalue weighted by Crippen LogP contribution is 2.17. The molecule has 2 rings (SSSR count). The molecule has 1 aromatic carbocycles. The minimum absolute atomic E-state index is 0.812. The van der Waals surface area contributed by atoms with Crippen LogP contribution in [0.25, 0.3) is 11.0 Å². The summed E-state index contributed by atoms with van der Waals surface area (Å²) in [4.78, 5) is 4.64. The van der Waals surface area contributed by atoms with Crippen LogP contribution in [0.4, 0.5) is 0 Å². The van der Waals surface area contributed by atoms with E-state index >= 15 is 0 Å². The van der Waals surface area contributed by atoms with Crippen molar-refractivity contribution < 1.29 is 0 Å². The summed E-state index contributed by atoms with van der Waals surface area (Å²) < 4.78 is 2.21. The van der Waals surface area contributed by atoms with Crippen LogP contribution in [0.2, 0.25) is 0 Å². The average molecular weight is 212 g/mol. The fourth-order valence-corrected chi connectivity index (χ4v) is 1.88. The summed E-state index contributed by atoms with van der Waals surface area (Å²) in [5.74, 6) is 1.11. The zero-order valence-corrected chi connectivity index (χ0v) is 9.39. The van der Waals surface area contributed by atoms with Gasteiger partial charge in [-0.15, -0.1) is 13.2 Å².